The average Bonchev–Trinajstić information content (AvgIpc) is 2.66. The van der Waals surface area contributed by atoms with Gasteiger partial charge in [-0.15, -0.1) is 0 Å². The number of hydrogen-bond acceptors (Lipinski definition) is 5. The van der Waals surface area contributed by atoms with Gasteiger partial charge < -0.3 is 16.0 Å². The van der Waals surface area contributed by atoms with Gasteiger partial charge >= 0.3 is 0 Å². The molecule has 0 unspecified atom stereocenters. The summed E-state index contributed by atoms with van der Waals surface area (Å²) in [6, 6.07) is 14.0. The third-order valence-corrected chi connectivity index (χ3v) is 4.27. The maximum absolute atomic E-state index is 5.69. The molecule has 27 heavy (non-hydrogen) atoms. The molecule has 0 aliphatic rings. The maximum atomic E-state index is 5.69. The SMILES string of the molecule is CNc1ccc(Nc2nccc(Nc3c(C)cc(/C=C\Cl)cc3C)n2)cc1. The topological polar surface area (TPSA) is 61.9 Å². The molecule has 0 spiro atoms. The van der Waals surface area contributed by atoms with Crippen molar-refractivity contribution in [2.24, 2.45) is 0 Å². The molecule has 5 nitrogen and oxygen atoms in total. The van der Waals surface area contributed by atoms with Crippen molar-refractivity contribution in [3.8, 4) is 0 Å². The van der Waals surface area contributed by atoms with E-state index < -0.39 is 0 Å². The summed E-state index contributed by atoms with van der Waals surface area (Å²) in [6.07, 6.45) is 3.60. The van der Waals surface area contributed by atoms with E-state index in [1.165, 1.54) is 5.54 Å². The minimum absolute atomic E-state index is 0.536. The van der Waals surface area contributed by atoms with Crippen molar-refractivity contribution in [1.82, 2.24) is 9.97 Å². The second kappa shape index (κ2) is 8.56. The first-order valence-corrected chi connectivity index (χ1v) is 9.05. The summed E-state index contributed by atoms with van der Waals surface area (Å²) in [4.78, 5) is 8.86. The van der Waals surface area contributed by atoms with E-state index in [-0.39, 0.29) is 0 Å². The molecule has 0 fully saturated rings. The summed E-state index contributed by atoms with van der Waals surface area (Å²) in [5.41, 5.74) is 7.84. The van der Waals surface area contributed by atoms with Gasteiger partial charge in [0, 0.05) is 35.8 Å². The highest BCUT2D eigenvalue weighted by molar-refractivity contribution is 6.27. The van der Waals surface area contributed by atoms with Gasteiger partial charge in [-0.05, 0) is 79.1 Å². The van der Waals surface area contributed by atoms with E-state index in [9.17, 15) is 0 Å². The van der Waals surface area contributed by atoms with Gasteiger partial charge in [0.25, 0.3) is 0 Å². The molecule has 1 heterocycles. The van der Waals surface area contributed by atoms with Crippen LogP contribution in [0.25, 0.3) is 6.08 Å². The first-order valence-electron chi connectivity index (χ1n) is 8.62. The smallest absolute Gasteiger partial charge is 0.229 e. The average molecular weight is 380 g/mol. The van der Waals surface area contributed by atoms with Gasteiger partial charge in [0.15, 0.2) is 0 Å². The van der Waals surface area contributed by atoms with Gasteiger partial charge in [-0.1, -0.05) is 11.6 Å². The van der Waals surface area contributed by atoms with Crippen LogP contribution < -0.4 is 16.0 Å². The number of halogens is 1. The zero-order valence-electron chi connectivity index (χ0n) is 15.5. The fourth-order valence-electron chi connectivity index (χ4n) is 2.83. The van der Waals surface area contributed by atoms with Crippen molar-refractivity contribution in [3.05, 3.63) is 70.9 Å². The van der Waals surface area contributed by atoms with Crippen molar-refractivity contribution in [1.29, 1.82) is 0 Å². The van der Waals surface area contributed by atoms with Crippen LogP contribution in [0.15, 0.2) is 54.2 Å². The quantitative estimate of drug-likeness (QED) is 0.502. The molecule has 0 amide bonds. The molecule has 3 N–H and O–H groups in total. The fourth-order valence-corrected chi connectivity index (χ4v) is 2.97. The standard InChI is InChI=1S/C21H22ClN5/c1-14-12-16(8-10-22)13-15(2)20(14)26-19-9-11-24-21(27-19)25-18-6-4-17(23-3)5-7-18/h4-13,23H,1-3H3,(H2,24,25,26,27)/b10-8-. The number of benzene rings is 2. The number of anilines is 5. The molecular formula is C21H22ClN5. The lowest BCUT2D eigenvalue weighted by Gasteiger charge is -2.14. The molecule has 2 aromatic carbocycles. The van der Waals surface area contributed by atoms with Gasteiger partial charge in [0.05, 0.1) is 0 Å². The minimum Gasteiger partial charge on any atom is -0.388 e. The van der Waals surface area contributed by atoms with Crippen molar-refractivity contribution in [2.75, 3.05) is 23.0 Å². The largest absolute Gasteiger partial charge is 0.388 e. The molecule has 138 valence electrons. The predicted octanol–water partition coefficient (Wildman–Crippen LogP) is 5.83. The highest BCUT2D eigenvalue weighted by Crippen LogP contribution is 2.26. The monoisotopic (exact) mass is 379 g/mol. The highest BCUT2D eigenvalue weighted by atomic mass is 35.5. The molecule has 3 rings (SSSR count). The van der Waals surface area contributed by atoms with Crippen LogP contribution in [0.3, 0.4) is 0 Å². The third kappa shape index (κ3) is 4.77. The third-order valence-electron chi connectivity index (χ3n) is 4.15. The highest BCUT2D eigenvalue weighted by Gasteiger charge is 2.07. The van der Waals surface area contributed by atoms with Crippen LogP contribution in [0.2, 0.25) is 0 Å². The molecule has 0 atom stereocenters. The molecule has 6 heteroatoms. The minimum atomic E-state index is 0.536. The molecule has 0 saturated heterocycles. The summed E-state index contributed by atoms with van der Waals surface area (Å²) < 4.78 is 0. The van der Waals surface area contributed by atoms with Crippen LogP contribution in [-0.2, 0) is 0 Å². The van der Waals surface area contributed by atoms with E-state index in [0.29, 0.717) is 5.95 Å². The number of nitrogens with one attached hydrogen (secondary N) is 3. The van der Waals surface area contributed by atoms with Crippen LogP contribution in [0.5, 0.6) is 0 Å². The van der Waals surface area contributed by atoms with E-state index in [1.807, 2.05) is 43.5 Å². The summed E-state index contributed by atoms with van der Waals surface area (Å²) in [6.45, 7) is 4.12. The number of rotatable bonds is 6. The van der Waals surface area contributed by atoms with Crippen molar-refractivity contribution >= 4 is 46.5 Å². The Morgan fingerprint density at radius 3 is 2.22 bits per heavy atom. The number of aromatic nitrogens is 2. The van der Waals surface area contributed by atoms with E-state index in [4.69, 9.17) is 11.6 Å². The molecule has 1 aromatic heterocycles. The van der Waals surface area contributed by atoms with Crippen LogP contribution >= 0.6 is 11.6 Å². The van der Waals surface area contributed by atoms with Gasteiger partial charge in [-0.3, -0.25) is 0 Å². The predicted molar refractivity (Wildman–Crippen MR) is 115 cm³/mol. The maximum Gasteiger partial charge on any atom is 0.229 e. The van der Waals surface area contributed by atoms with E-state index in [1.54, 1.807) is 6.20 Å². The molecule has 0 aliphatic carbocycles. The Morgan fingerprint density at radius 1 is 0.926 bits per heavy atom. The normalized spacial score (nSPS) is 10.8. The van der Waals surface area contributed by atoms with Crippen LogP contribution in [0, 0.1) is 13.8 Å². The van der Waals surface area contributed by atoms with Crippen molar-refractivity contribution in [3.63, 3.8) is 0 Å². The Labute approximate surface area is 164 Å². The number of nitrogens with zero attached hydrogens (tertiary/aromatic N) is 2. The summed E-state index contributed by atoms with van der Waals surface area (Å²) in [7, 11) is 1.89. The molecule has 0 saturated carbocycles. The van der Waals surface area contributed by atoms with E-state index in [2.05, 4.69) is 51.9 Å². The van der Waals surface area contributed by atoms with E-state index >= 15 is 0 Å². The summed E-state index contributed by atoms with van der Waals surface area (Å²) >= 11 is 5.69. The zero-order chi connectivity index (χ0) is 19.2. The van der Waals surface area contributed by atoms with E-state index in [0.717, 1.165) is 39.6 Å². The van der Waals surface area contributed by atoms with Gasteiger partial charge in [-0.2, -0.15) is 4.98 Å². The lowest BCUT2D eigenvalue weighted by Crippen LogP contribution is -2.02. The molecular weight excluding hydrogens is 358 g/mol. The molecule has 0 radical (unpaired) electrons. The number of hydrogen-bond donors (Lipinski definition) is 3. The first-order chi connectivity index (χ1) is 13.1. The Balaban J connectivity index is 1.79. The second-order valence-electron chi connectivity index (χ2n) is 6.17. The van der Waals surface area contributed by atoms with Crippen LogP contribution in [-0.4, -0.2) is 17.0 Å². The van der Waals surface area contributed by atoms with Crippen LogP contribution in [0.1, 0.15) is 16.7 Å². The Morgan fingerprint density at radius 2 is 1.59 bits per heavy atom. The Kier molecular flexibility index (Phi) is 5.94. The molecule has 0 bridgehead atoms. The van der Waals surface area contributed by atoms with Crippen LogP contribution in [0.4, 0.5) is 28.8 Å². The first kappa shape index (κ1) is 18.7. The number of aryl methyl sites for hydroxylation is 2. The lowest BCUT2D eigenvalue weighted by molar-refractivity contribution is 1.16. The molecule has 3 aromatic rings. The summed E-state index contributed by atoms with van der Waals surface area (Å²) in [5.74, 6) is 1.26. The van der Waals surface area contributed by atoms with Crippen molar-refractivity contribution < 1.29 is 0 Å². The second-order valence-corrected chi connectivity index (χ2v) is 6.42. The van der Waals surface area contributed by atoms with Gasteiger partial charge in [-0.25, -0.2) is 4.98 Å². The van der Waals surface area contributed by atoms with Gasteiger partial charge in [0.1, 0.15) is 5.82 Å². The Bertz CT molecular complexity index is 928. The lowest BCUT2D eigenvalue weighted by atomic mass is 10.0. The Hall–Kier alpha value is -3.05. The van der Waals surface area contributed by atoms with Crippen molar-refractivity contribution in [2.45, 2.75) is 13.8 Å². The molecule has 0 aliphatic heterocycles. The zero-order valence-corrected chi connectivity index (χ0v) is 16.3. The van der Waals surface area contributed by atoms with Gasteiger partial charge in [0.2, 0.25) is 5.95 Å². The fraction of sp³-hybridized carbons (Fsp3) is 0.143. The summed E-state index contributed by atoms with van der Waals surface area (Å²) in [5, 5.41) is 9.71.